The number of aryl methyl sites for hydroxylation is 1. The number of benzene rings is 1. The van der Waals surface area contributed by atoms with Gasteiger partial charge in [0.1, 0.15) is 12.7 Å². The molecule has 2 atom stereocenters. The molecule has 1 aromatic carbocycles. The molecule has 34 heavy (non-hydrogen) atoms. The molecule has 0 radical (unpaired) electrons. The molecule has 2 rings (SSSR count). The Morgan fingerprint density at radius 1 is 0.971 bits per heavy atom. The molecular weight excluding hydrogens is 452 g/mol. The van der Waals surface area contributed by atoms with Crippen molar-refractivity contribution < 1.29 is 53.1 Å². The molecular formula is C23H30O11. The zero-order chi connectivity index (χ0) is 24.9. The summed E-state index contributed by atoms with van der Waals surface area (Å²) >= 11 is 0. The Morgan fingerprint density at radius 2 is 1.62 bits per heavy atom. The van der Waals surface area contributed by atoms with E-state index in [0.717, 1.165) is 11.1 Å². The summed E-state index contributed by atoms with van der Waals surface area (Å²) in [6.45, 7) is 2.20. The molecule has 1 aliphatic heterocycles. The van der Waals surface area contributed by atoms with Gasteiger partial charge in [-0.3, -0.25) is 9.59 Å². The highest BCUT2D eigenvalue weighted by molar-refractivity contribution is 5.67. The van der Waals surface area contributed by atoms with Crippen LogP contribution in [0.2, 0.25) is 0 Å². The summed E-state index contributed by atoms with van der Waals surface area (Å²) in [4.78, 5) is 44.5. The molecule has 188 valence electrons. The van der Waals surface area contributed by atoms with E-state index in [1.165, 1.54) is 0 Å². The van der Waals surface area contributed by atoms with Crippen LogP contribution in [0.5, 0.6) is 0 Å². The summed E-state index contributed by atoms with van der Waals surface area (Å²) < 4.78 is 26.1. The fourth-order valence-electron chi connectivity index (χ4n) is 3.33. The molecule has 0 bridgehead atoms. The number of ether oxygens (including phenoxy) is 5. The van der Waals surface area contributed by atoms with Crippen molar-refractivity contribution in [3.63, 3.8) is 0 Å². The molecule has 0 aromatic heterocycles. The van der Waals surface area contributed by atoms with Gasteiger partial charge in [0.25, 0.3) is 0 Å². The Labute approximate surface area is 196 Å². The third kappa shape index (κ3) is 10.1. The van der Waals surface area contributed by atoms with Crippen molar-refractivity contribution in [2.24, 2.45) is 0 Å². The highest BCUT2D eigenvalue weighted by Crippen LogP contribution is 2.32. The first-order valence-electron chi connectivity index (χ1n) is 11.0. The second-order valence-corrected chi connectivity index (χ2v) is 7.79. The predicted molar refractivity (Wildman–Crippen MR) is 115 cm³/mol. The number of rotatable bonds is 12. The highest BCUT2D eigenvalue weighted by Gasteiger charge is 2.28. The standard InChI is InChI=1S/C23H30O11/c1-15-6-7-16(14-33-22(28)31-9-2-4-20(24)25)12-18(15)19-13-17(8-11-30-19)34-23(29)32-10-3-5-21(26)27/h6-7,12,17,19H,2-5,8-11,13-14H2,1H3,(H,24,25)(H,26,27). The lowest BCUT2D eigenvalue weighted by Crippen LogP contribution is -2.29. The van der Waals surface area contributed by atoms with Crippen LogP contribution in [-0.2, 0) is 39.9 Å². The van der Waals surface area contributed by atoms with E-state index in [9.17, 15) is 19.2 Å². The van der Waals surface area contributed by atoms with Crippen LogP contribution in [0, 0.1) is 6.92 Å². The van der Waals surface area contributed by atoms with Gasteiger partial charge in [-0.05, 0) is 42.5 Å². The summed E-state index contributed by atoms with van der Waals surface area (Å²) in [6.07, 6.45) is -1.29. The number of carbonyl (C=O) groups excluding carboxylic acids is 2. The molecule has 11 nitrogen and oxygen atoms in total. The van der Waals surface area contributed by atoms with E-state index >= 15 is 0 Å². The first kappa shape index (κ1) is 26.9. The summed E-state index contributed by atoms with van der Waals surface area (Å²) in [7, 11) is 0. The number of aliphatic carboxylic acids is 2. The first-order valence-corrected chi connectivity index (χ1v) is 11.0. The number of carboxylic acid groups (broad SMARTS) is 2. The highest BCUT2D eigenvalue weighted by atomic mass is 16.7. The average Bonchev–Trinajstić information content (AvgIpc) is 2.79. The topological polar surface area (TPSA) is 155 Å². The number of hydrogen-bond acceptors (Lipinski definition) is 9. The Morgan fingerprint density at radius 3 is 2.26 bits per heavy atom. The smallest absolute Gasteiger partial charge is 0.481 e. The third-order valence-electron chi connectivity index (χ3n) is 5.06. The lowest BCUT2D eigenvalue weighted by molar-refractivity contribution is -0.138. The molecule has 1 aromatic rings. The summed E-state index contributed by atoms with van der Waals surface area (Å²) in [6, 6.07) is 5.53. The zero-order valence-corrected chi connectivity index (χ0v) is 19.0. The average molecular weight is 482 g/mol. The van der Waals surface area contributed by atoms with Gasteiger partial charge in [0.2, 0.25) is 0 Å². The quantitative estimate of drug-likeness (QED) is 0.330. The second-order valence-electron chi connectivity index (χ2n) is 7.79. The Kier molecular flexibility index (Phi) is 11.1. The van der Waals surface area contributed by atoms with Crippen molar-refractivity contribution in [3.8, 4) is 0 Å². The van der Waals surface area contributed by atoms with Crippen LogP contribution < -0.4 is 0 Å². The fourth-order valence-corrected chi connectivity index (χ4v) is 3.33. The lowest BCUT2D eigenvalue weighted by atomic mass is 9.94. The third-order valence-corrected chi connectivity index (χ3v) is 5.06. The van der Waals surface area contributed by atoms with Crippen LogP contribution in [0.25, 0.3) is 0 Å². The van der Waals surface area contributed by atoms with Gasteiger partial charge in [-0.2, -0.15) is 0 Å². The SMILES string of the molecule is Cc1ccc(COC(=O)OCCCC(=O)O)cc1C1CC(OC(=O)OCCCC(=O)O)CCO1. The summed E-state index contributed by atoms with van der Waals surface area (Å²) in [5.74, 6) is -1.92. The van der Waals surface area contributed by atoms with Crippen molar-refractivity contribution in [1.29, 1.82) is 0 Å². The molecule has 0 spiro atoms. The van der Waals surface area contributed by atoms with Crippen LogP contribution in [0.4, 0.5) is 9.59 Å². The van der Waals surface area contributed by atoms with E-state index in [0.29, 0.717) is 25.0 Å². The molecule has 1 aliphatic rings. The normalized spacial score (nSPS) is 17.4. The summed E-state index contributed by atoms with van der Waals surface area (Å²) in [5, 5.41) is 17.2. The van der Waals surface area contributed by atoms with Crippen molar-refractivity contribution in [3.05, 3.63) is 34.9 Å². The zero-order valence-electron chi connectivity index (χ0n) is 19.0. The molecule has 0 amide bonds. The van der Waals surface area contributed by atoms with E-state index in [1.807, 2.05) is 25.1 Å². The van der Waals surface area contributed by atoms with Gasteiger partial charge < -0.3 is 33.9 Å². The molecule has 1 saturated heterocycles. The van der Waals surface area contributed by atoms with Crippen LogP contribution in [0.3, 0.4) is 0 Å². The van der Waals surface area contributed by atoms with E-state index in [4.69, 9.17) is 33.9 Å². The van der Waals surface area contributed by atoms with E-state index in [-0.39, 0.29) is 51.6 Å². The van der Waals surface area contributed by atoms with Gasteiger partial charge in [-0.1, -0.05) is 12.1 Å². The van der Waals surface area contributed by atoms with Crippen LogP contribution in [0.15, 0.2) is 18.2 Å². The number of hydrogen-bond donors (Lipinski definition) is 2. The van der Waals surface area contributed by atoms with E-state index < -0.39 is 30.4 Å². The lowest BCUT2D eigenvalue weighted by Gasteiger charge is -2.30. The minimum absolute atomic E-state index is 0.0269. The maximum Gasteiger partial charge on any atom is 0.508 e. The second kappa shape index (κ2) is 14.0. The van der Waals surface area contributed by atoms with Crippen molar-refractivity contribution in [2.45, 2.75) is 64.3 Å². The van der Waals surface area contributed by atoms with Gasteiger partial charge in [0.05, 0.1) is 25.9 Å². The minimum atomic E-state index is -0.964. The van der Waals surface area contributed by atoms with E-state index in [1.54, 1.807) is 0 Å². The molecule has 2 unspecified atom stereocenters. The largest absolute Gasteiger partial charge is 0.508 e. The first-order chi connectivity index (χ1) is 16.2. The van der Waals surface area contributed by atoms with Crippen molar-refractivity contribution in [1.82, 2.24) is 0 Å². The van der Waals surface area contributed by atoms with Gasteiger partial charge in [0, 0.05) is 25.7 Å². The Bertz CT molecular complexity index is 851. The molecule has 11 heteroatoms. The molecule has 1 heterocycles. The van der Waals surface area contributed by atoms with Crippen molar-refractivity contribution in [2.75, 3.05) is 19.8 Å². The Balaban J connectivity index is 1.83. The van der Waals surface area contributed by atoms with Crippen LogP contribution in [0.1, 0.15) is 61.3 Å². The van der Waals surface area contributed by atoms with Crippen molar-refractivity contribution >= 4 is 24.2 Å². The van der Waals surface area contributed by atoms with E-state index in [2.05, 4.69) is 0 Å². The van der Waals surface area contributed by atoms with Crippen LogP contribution >= 0.6 is 0 Å². The maximum atomic E-state index is 11.9. The molecule has 2 N–H and O–H groups in total. The molecule has 0 aliphatic carbocycles. The monoisotopic (exact) mass is 482 g/mol. The fraction of sp³-hybridized carbons (Fsp3) is 0.565. The number of carboxylic acids is 2. The van der Waals surface area contributed by atoms with Crippen LogP contribution in [-0.4, -0.2) is 60.4 Å². The maximum absolute atomic E-state index is 11.9. The predicted octanol–water partition coefficient (Wildman–Crippen LogP) is 3.75. The van der Waals surface area contributed by atoms with Gasteiger partial charge >= 0.3 is 24.2 Å². The minimum Gasteiger partial charge on any atom is -0.481 e. The molecule has 0 saturated carbocycles. The van der Waals surface area contributed by atoms with Gasteiger partial charge in [-0.15, -0.1) is 0 Å². The van der Waals surface area contributed by atoms with Gasteiger partial charge in [0.15, 0.2) is 0 Å². The number of carbonyl (C=O) groups is 4. The molecule has 1 fully saturated rings. The van der Waals surface area contributed by atoms with Gasteiger partial charge in [-0.25, -0.2) is 9.59 Å². The summed E-state index contributed by atoms with van der Waals surface area (Å²) in [5.41, 5.74) is 2.55. The Hall–Kier alpha value is -3.34.